The Balaban J connectivity index is 2.22. The summed E-state index contributed by atoms with van der Waals surface area (Å²) in [5, 5.41) is 3.08. The van der Waals surface area contributed by atoms with E-state index in [-0.39, 0.29) is 11.9 Å². The number of hydrogen-bond acceptors (Lipinski definition) is 3. The highest BCUT2D eigenvalue weighted by molar-refractivity contribution is 5.41. The van der Waals surface area contributed by atoms with Crippen molar-refractivity contribution in [2.45, 2.75) is 6.04 Å². The molecule has 0 aliphatic carbocycles. The minimum absolute atomic E-state index is 0.206. The van der Waals surface area contributed by atoms with Crippen LogP contribution < -0.4 is 10.2 Å². The molecule has 0 atom stereocenters. The van der Waals surface area contributed by atoms with Crippen molar-refractivity contribution in [3.63, 3.8) is 0 Å². The van der Waals surface area contributed by atoms with E-state index in [0.717, 1.165) is 25.4 Å². The Bertz CT molecular complexity index is 339. The first-order valence-corrected chi connectivity index (χ1v) is 4.43. The fourth-order valence-corrected chi connectivity index (χ4v) is 1.39. The zero-order valence-electron chi connectivity index (χ0n) is 7.80. The van der Waals surface area contributed by atoms with Crippen LogP contribution in [0.3, 0.4) is 0 Å². The van der Waals surface area contributed by atoms with E-state index in [4.69, 9.17) is 0 Å². The Morgan fingerprint density at radius 3 is 2.71 bits per heavy atom. The van der Waals surface area contributed by atoms with Gasteiger partial charge in [-0.25, -0.2) is 13.8 Å². The largest absolute Gasteiger partial charge is 0.352 e. The van der Waals surface area contributed by atoms with Gasteiger partial charge < -0.3 is 10.2 Å². The highest BCUT2D eigenvalue weighted by atomic mass is 19.1. The van der Waals surface area contributed by atoms with Crippen molar-refractivity contribution in [3.05, 3.63) is 23.9 Å². The fourth-order valence-electron chi connectivity index (χ4n) is 1.39. The molecule has 3 nitrogen and oxygen atoms in total. The summed E-state index contributed by atoms with van der Waals surface area (Å²) in [5.41, 5.74) is 0. The number of rotatable bonds is 2. The van der Waals surface area contributed by atoms with E-state index >= 15 is 0 Å². The van der Waals surface area contributed by atoms with E-state index in [9.17, 15) is 8.78 Å². The Morgan fingerprint density at radius 1 is 1.50 bits per heavy atom. The third-order valence-corrected chi connectivity index (χ3v) is 2.43. The monoisotopic (exact) mass is 199 g/mol. The van der Waals surface area contributed by atoms with Gasteiger partial charge in [0.15, 0.2) is 11.6 Å². The molecule has 0 aromatic carbocycles. The Hall–Kier alpha value is -1.23. The number of anilines is 1. The van der Waals surface area contributed by atoms with Crippen LogP contribution in [0.4, 0.5) is 14.6 Å². The summed E-state index contributed by atoms with van der Waals surface area (Å²) in [7, 11) is 1.76. The second-order valence-corrected chi connectivity index (χ2v) is 3.38. The normalized spacial score (nSPS) is 16.5. The lowest BCUT2D eigenvalue weighted by molar-refractivity contribution is 0.421. The van der Waals surface area contributed by atoms with Crippen LogP contribution in [0.15, 0.2) is 12.3 Å². The first kappa shape index (κ1) is 9.33. The van der Waals surface area contributed by atoms with Crippen LogP contribution in [-0.2, 0) is 0 Å². The summed E-state index contributed by atoms with van der Waals surface area (Å²) in [6.45, 7) is 1.63. The van der Waals surface area contributed by atoms with Crippen LogP contribution in [0, 0.1) is 11.6 Å². The quantitative estimate of drug-likeness (QED) is 0.762. The van der Waals surface area contributed by atoms with Crippen molar-refractivity contribution in [2.24, 2.45) is 0 Å². The molecule has 1 aromatic rings. The van der Waals surface area contributed by atoms with Gasteiger partial charge in [0.05, 0.1) is 12.2 Å². The predicted octanol–water partition coefficient (Wildman–Crippen LogP) is 0.768. The lowest BCUT2D eigenvalue weighted by Gasteiger charge is -2.36. The lowest BCUT2D eigenvalue weighted by Crippen LogP contribution is -2.56. The summed E-state index contributed by atoms with van der Waals surface area (Å²) >= 11 is 0. The summed E-state index contributed by atoms with van der Waals surface area (Å²) in [6.07, 6.45) is 1.03. The fraction of sp³-hybridized carbons (Fsp3) is 0.444. The molecule has 0 spiro atoms. The van der Waals surface area contributed by atoms with E-state index in [1.807, 2.05) is 0 Å². The number of nitrogens with one attached hydrogen (secondary N) is 1. The van der Waals surface area contributed by atoms with Crippen molar-refractivity contribution < 1.29 is 8.78 Å². The molecule has 14 heavy (non-hydrogen) atoms. The molecular weight excluding hydrogens is 188 g/mol. The second kappa shape index (κ2) is 3.49. The van der Waals surface area contributed by atoms with Crippen LogP contribution >= 0.6 is 0 Å². The molecule has 1 N–H and O–H groups in total. The minimum atomic E-state index is -0.647. The van der Waals surface area contributed by atoms with Crippen molar-refractivity contribution in [3.8, 4) is 0 Å². The van der Waals surface area contributed by atoms with E-state index in [1.54, 1.807) is 11.9 Å². The molecule has 5 heteroatoms. The molecular formula is C9H11F2N3. The van der Waals surface area contributed by atoms with E-state index in [2.05, 4.69) is 10.3 Å². The van der Waals surface area contributed by atoms with Crippen LogP contribution in [-0.4, -0.2) is 31.2 Å². The van der Waals surface area contributed by atoms with Crippen LogP contribution in [0.2, 0.25) is 0 Å². The molecule has 0 radical (unpaired) electrons. The van der Waals surface area contributed by atoms with Gasteiger partial charge in [-0.1, -0.05) is 0 Å². The summed E-state index contributed by atoms with van der Waals surface area (Å²) in [6, 6.07) is 1.10. The average molecular weight is 199 g/mol. The molecule has 0 saturated carbocycles. The van der Waals surface area contributed by atoms with Gasteiger partial charge in [-0.3, -0.25) is 0 Å². The maximum atomic E-state index is 13.3. The van der Waals surface area contributed by atoms with Crippen LogP contribution in [0.25, 0.3) is 0 Å². The van der Waals surface area contributed by atoms with Gasteiger partial charge in [-0.2, -0.15) is 0 Å². The standard InChI is InChI=1S/C9H11F2N3/c1-14(7-4-12-5-7)9-8(11)2-6(10)3-13-9/h2-3,7,12H,4-5H2,1H3. The number of likely N-dealkylation sites (N-methyl/N-ethyl adjacent to an activating group) is 1. The molecule has 2 heterocycles. The highest BCUT2D eigenvalue weighted by Crippen LogP contribution is 2.18. The van der Waals surface area contributed by atoms with Crippen LogP contribution in [0.1, 0.15) is 0 Å². The molecule has 0 bridgehead atoms. The SMILES string of the molecule is CN(c1ncc(F)cc1F)C1CNC1. The first-order valence-electron chi connectivity index (χ1n) is 4.43. The zero-order valence-corrected chi connectivity index (χ0v) is 7.80. The smallest absolute Gasteiger partial charge is 0.168 e. The summed E-state index contributed by atoms with van der Waals surface area (Å²) in [5.74, 6) is -1.05. The molecule has 1 aliphatic heterocycles. The number of halogens is 2. The topological polar surface area (TPSA) is 28.2 Å². The Kier molecular flexibility index (Phi) is 2.33. The molecule has 76 valence electrons. The van der Waals surface area contributed by atoms with Gasteiger partial charge in [0, 0.05) is 26.2 Å². The summed E-state index contributed by atoms with van der Waals surface area (Å²) < 4.78 is 25.8. The average Bonchev–Trinajstić information content (AvgIpc) is 2.00. The van der Waals surface area contributed by atoms with Gasteiger partial charge in [-0.05, 0) is 0 Å². The third kappa shape index (κ3) is 1.55. The first-order chi connectivity index (χ1) is 6.68. The zero-order chi connectivity index (χ0) is 10.1. The van der Waals surface area contributed by atoms with Crippen molar-refractivity contribution in [2.75, 3.05) is 25.0 Å². The maximum absolute atomic E-state index is 13.3. The van der Waals surface area contributed by atoms with Crippen LogP contribution in [0.5, 0.6) is 0 Å². The van der Waals surface area contributed by atoms with E-state index in [1.165, 1.54) is 0 Å². The lowest BCUT2D eigenvalue weighted by atomic mass is 10.1. The molecule has 1 fully saturated rings. The molecule has 0 unspecified atom stereocenters. The summed E-state index contributed by atoms with van der Waals surface area (Å²) in [4.78, 5) is 5.46. The van der Waals surface area contributed by atoms with Gasteiger partial charge >= 0.3 is 0 Å². The minimum Gasteiger partial charge on any atom is -0.352 e. The second-order valence-electron chi connectivity index (χ2n) is 3.38. The van der Waals surface area contributed by atoms with E-state index < -0.39 is 11.6 Å². The number of nitrogens with zero attached hydrogens (tertiary/aromatic N) is 2. The molecule has 1 saturated heterocycles. The number of aromatic nitrogens is 1. The van der Waals surface area contributed by atoms with Crippen molar-refractivity contribution in [1.29, 1.82) is 0 Å². The highest BCUT2D eigenvalue weighted by Gasteiger charge is 2.24. The molecule has 0 amide bonds. The van der Waals surface area contributed by atoms with Gasteiger partial charge in [0.25, 0.3) is 0 Å². The molecule has 1 aromatic heterocycles. The van der Waals surface area contributed by atoms with E-state index in [0.29, 0.717) is 0 Å². The Labute approximate surface area is 80.7 Å². The number of pyridine rings is 1. The number of hydrogen-bond donors (Lipinski definition) is 1. The molecule has 2 rings (SSSR count). The Morgan fingerprint density at radius 2 is 2.21 bits per heavy atom. The third-order valence-electron chi connectivity index (χ3n) is 2.43. The van der Waals surface area contributed by atoms with Gasteiger partial charge in [0.1, 0.15) is 5.82 Å². The molecule has 1 aliphatic rings. The maximum Gasteiger partial charge on any atom is 0.168 e. The van der Waals surface area contributed by atoms with Gasteiger partial charge in [0.2, 0.25) is 0 Å². The van der Waals surface area contributed by atoms with Crippen molar-refractivity contribution in [1.82, 2.24) is 10.3 Å². The predicted molar refractivity (Wildman–Crippen MR) is 49.2 cm³/mol. The van der Waals surface area contributed by atoms with Crippen molar-refractivity contribution >= 4 is 5.82 Å². The van der Waals surface area contributed by atoms with Gasteiger partial charge in [-0.15, -0.1) is 0 Å².